The smallest absolute Gasteiger partial charge is 0.253 e. The van der Waals surface area contributed by atoms with E-state index in [0.717, 1.165) is 36.5 Å². The summed E-state index contributed by atoms with van der Waals surface area (Å²) in [6.45, 7) is -0.0216. The molecule has 1 aliphatic rings. The Kier molecular flexibility index (Phi) is 3.55. The van der Waals surface area contributed by atoms with Crippen LogP contribution in [0.4, 0.5) is 5.69 Å². The van der Waals surface area contributed by atoms with Crippen molar-refractivity contribution in [3.63, 3.8) is 0 Å². The van der Waals surface area contributed by atoms with E-state index in [1.54, 1.807) is 0 Å². The number of nitrogens with one attached hydrogen (secondary N) is 1. The van der Waals surface area contributed by atoms with E-state index in [-0.39, 0.29) is 12.5 Å². The first kappa shape index (κ1) is 13.9. The maximum Gasteiger partial charge on any atom is 0.253 e. The highest BCUT2D eigenvalue weighted by Gasteiger charge is 2.35. The number of hydrogen-bond acceptors (Lipinski definition) is 3. The zero-order chi connectivity index (χ0) is 14.9. The molecular weight excluding hydrogens is 264 g/mol. The zero-order valence-electron chi connectivity index (χ0n) is 11.9. The van der Waals surface area contributed by atoms with E-state index >= 15 is 0 Å². The van der Waals surface area contributed by atoms with Crippen LogP contribution >= 0.6 is 0 Å². The van der Waals surface area contributed by atoms with Crippen LogP contribution in [0.2, 0.25) is 0 Å². The van der Waals surface area contributed by atoms with Gasteiger partial charge in [-0.2, -0.15) is 0 Å². The minimum atomic E-state index is -0.477. The lowest BCUT2D eigenvalue weighted by Crippen LogP contribution is -2.49. The summed E-state index contributed by atoms with van der Waals surface area (Å²) in [5.74, 6) is -0.200. The molecule has 1 fully saturated rings. The molecule has 3 rings (SSSR count). The molecule has 1 amide bonds. The molecule has 0 aromatic heterocycles. The van der Waals surface area contributed by atoms with Gasteiger partial charge in [-0.05, 0) is 35.7 Å². The third-order valence-electron chi connectivity index (χ3n) is 4.40. The monoisotopic (exact) mass is 284 g/mol. The van der Waals surface area contributed by atoms with Gasteiger partial charge >= 0.3 is 0 Å². The fraction of sp³-hybridized carbons (Fsp3) is 0.353. The Morgan fingerprint density at radius 1 is 1.19 bits per heavy atom. The second kappa shape index (κ2) is 5.37. The van der Waals surface area contributed by atoms with Crippen molar-refractivity contribution in [2.45, 2.75) is 31.2 Å². The first-order chi connectivity index (χ1) is 10.1. The Morgan fingerprint density at radius 3 is 2.43 bits per heavy atom. The standard InChI is InChI=1S/C17H20N2O2/c18-15-10-13-6-2-1-5-12(13)9-14(15)16(21)19-17(11-20)7-3-4-8-17/h1-2,5-6,9-10,20H,3-4,7-8,11,18H2,(H,19,21). The molecule has 0 spiro atoms. The number of benzene rings is 2. The molecule has 4 heteroatoms. The highest BCUT2D eigenvalue weighted by atomic mass is 16.3. The molecule has 0 aliphatic heterocycles. The van der Waals surface area contributed by atoms with Gasteiger partial charge in [-0.15, -0.1) is 0 Å². The van der Waals surface area contributed by atoms with Crippen molar-refractivity contribution >= 4 is 22.4 Å². The van der Waals surface area contributed by atoms with Crippen LogP contribution in [0.3, 0.4) is 0 Å². The van der Waals surface area contributed by atoms with Crippen molar-refractivity contribution in [1.82, 2.24) is 5.32 Å². The van der Waals surface area contributed by atoms with Crippen LogP contribution < -0.4 is 11.1 Å². The van der Waals surface area contributed by atoms with E-state index in [2.05, 4.69) is 5.32 Å². The van der Waals surface area contributed by atoms with Crippen molar-refractivity contribution in [1.29, 1.82) is 0 Å². The van der Waals surface area contributed by atoms with Gasteiger partial charge in [-0.3, -0.25) is 4.79 Å². The highest BCUT2D eigenvalue weighted by Crippen LogP contribution is 2.30. The second-order valence-corrected chi connectivity index (χ2v) is 5.89. The van der Waals surface area contributed by atoms with Crippen LogP contribution in [0.25, 0.3) is 10.8 Å². The van der Waals surface area contributed by atoms with Gasteiger partial charge in [0, 0.05) is 5.69 Å². The average Bonchev–Trinajstić information content (AvgIpc) is 2.95. The van der Waals surface area contributed by atoms with Crippen LogP contribution in [-0.4, -0.2) is 23.2 Å². The number of aliphatic hydroxyl groups is 1. The van der Waals surface area contributed by atoms with Gasteiger partial charge < -0.3 is 16.2 Å². The van der Waals surface area contributed by atoms with Crippen molar-refractivity contribution < 1.29 is 9.90 Å². The lowest BCUT2D eigenvalue weighted by molar-refractivity contribution is 0.0839. The van der Waals surface area contributed by atoms with Gasteiger partial charge in [0.25, 0.3) is 5.91 Å². The molecule has 0 saturated heterocycles. The Balaban J connectivity index is 1.92. The summed E-state index contributed by atoms with van der Waals surface area (Å²) in [6, 6.07) is 11.5. The van der Waals surface area contributed by atoms with Crippen LogP contribution in [0.1, 0.15) is 36.0 Å². The fourth-order valence-corrected chi connectivity index (χ4v) is 3.14. The van der Waals surface area contributed by atoms with Gasteiger partial charge in [0.05, 0.1) is 17.7 Å². The van der Waals surface area contributed by atoms with E-state index in [1.807, 2.05) is 36.4 Å². The van der Waals surface area contributed by atoms with E-state index in [9.17, 15) is 9.90 Å². The molecule has 21 heavy (non-hydrogen) atoms. The first-order valence-electron chi connectivity index (χ1n) is 7.35. The molecule has 0 heterocycles. The van der Waals surface area contributed by atoms with Gasteiger partial charge in [0.15, 0.2) is 0 Å². The molecule has 2 aromatic carbocycles. The summed E-state index contributed by atoms with van der Waals surface area (Å²) in [6.07, 6.45) is 3.72. The number of carbonyl (C=O) groups excluding carboxylic acids is 1. The molecule has 1 aliphatic carbocycles. The molecule has 4 N–H and O–H groups in total. The van der Waals surface area contributed by atoms with Crippen molar-refractivity contribution in [3.05, 3.63) is 42.0 Å². The molecular formula is C17H20N2O2. The zero-order valence-corrected chi connectivity index (χ0v) is 11.9. The maximum atomic E-state index is 12.5. The third-order valence-corrected chi connectivity index (χ3v) is 4.40. The quantitative estimate of drug-likeness (QED) is 0.758. The lowest BCUT2D eigenvalue weighted by atomic mass is 9.97. The summed E-state index contributed by atoms with van der Waals surface area (Å²) in [4.78, 5) is 12.5. The Morgan fingerprint density at radius 2 is 1.81 bits per heavy atom. The fourth-order valence-electron chi connectivity index (χ4n) is 3.14. The van der Waals surface area contributed by atoms with Crippen LogP contribution in [-0.2, 0) is 0 Å². The molecule has 0 unspecified atom stereocenters. The van der Waals surface area contributed by atoms with Gasteiger partial charge in [0.2, 0.25) is 0 Å². The van der Waals surface area contributed by atoms with Crippen LogP contribution in [0, 0.1) is 0 Å². The summed E-state index contributed by atoms with van der Waals surface area (Å²) in [5, 5.41) is 14.6. The van der Waals surface area contributed by atoms with Gasteiger partial charge in [-0.25, -0.2) is 0 Å². The summed E-state index contributed by atoms with van der Waals surface area (Å²) >= 11 is 0. The minimum Gasteiger partial charge on any atom is -0.398 e. The number of hydrogen-bond donors (Lipinski definition) is 3. The number of amides is 1. The normalized spacial score (nSPS) is 17.0. The molecule has 0 atom stereocenters. The summed E-state index contributed by atoms with van der Waals surface area (Å²) in [7, 11) is 0. The number of nitrogens with two attached hydrogens (primary N) is 1. The molecule has 110 valence electrons. The molecule has 0 bridgehead atoms. The largest absolute Gasteiger partial charge is 0.398 e. The molecule has 1 saturated carbocycles. The number of anilines is 1. The number of rotatable bonds is 3. The first-order valence-corrected chi connectivity index (χ1v) is 7.35. The average molecular weight is 284 g/mol. The van der Waals surface area contributed by atoms with E-state index in [0.29, 0.717) is 11.3 Å². The predicted octanol–water partition coefficient (Wildman–Crippen LogP) is 2.46. The van der Waals surface area contributed by atoms with E-state index in [4.69, 9.17) is 5.73 Å². The Hall–Kier alpha value is -2.07. The van der Waals surface area contributed by atoms with E-state index in [1.165, 1.54) is 0 Å². The summed E-state index contributed by atoms with van der Waals surface area (Å²) in [5.41, 5.74) is 6.50. The molecule has 0 radical (unpaired) electrons. The molecule has 2 aromatic rings. The number of carbonyl (C=O) groups is 1. The van der Waals surface area contributed by atoms with Crippen LogP contribution in [0.5, 0.6) is 0 Å². The minimum absolute atomic E-state index is 0.0216. The van der Waals surface area contributed by atoms with Gasteiger partial charge in [0.1, 0.15) is 0 Å². The number of nitrogen functional groups attached to an aromatic ring is 1. The SMILES string of the molecule is Nc1cc2ccccc2cc1C(=O)NC1(CO)CCCC1. The van der Waals surface area contributed by atoms with Crippen molar-refractivity contribution in [2.75, 3.05) is 12.3 Å². The van der Waals surface area contributed by atoms with Crippen LogP contribution in [0.15, 0.2) is 36.4 Å². The predicted molar refractivity (Wildman–Crippen MR) is 84.1 cm³/mol. The third kappa shape index (κ3) is 2.59. The maximum absolute atomic E-state index is 12.5. The lowest BCUT2D eigenvalue weighted by Gasteiger charge is -2.28. The second-order valence-electron chi connectivity index (χ2n) is 5.89. The van der Waals surface area contributed by atoms with Crippen molar-refractivity contribution in [2.24, 2.45) is 0 Å². The highest BCUT2D eigenvalue weighted by molar-refractivity contribution is 6.04. The number of aliphatic hydroxyl groups excluding tert-OH is 1. The Labute approximate surface area is 124 Å². The molecule has 4 nitrogen and oxygen atoms in total. The number of fused-ring (bicyclic) bond motifs is 1. The van der Waals surface area contributed by atoms with Crippen molar-refractivity contribution in [3.8, 4) is 0 Å². The Bertz CT molecular complexity index is 676. The van der Waals surface area contributed by atoms with Gasteiger partial charge in [-0.1, -0.05) is 37.1 Å². The summed E-state index contributed by atoms with van der Waals surface area (Å²) < 4.78 is 0. The topological polar surface area (TPSA) is 75.4 Å². The van der Waals surface area contributed by atoms with E-state index < -0.39 is 5.54 Å².